The normalized spacial score (nSPS) is 11.4. The Labute approximate surface area is 140 Å². The van der Waals surface area contributed by atoms with Gasteiger partial charge in [0, 0.05) is 17.3 Å². The lowest BCUT2D eigenvalue weighted by atomic mass is 10.1. The number of carbonyl (C=O) groups excluding carboxylic acids is 1. The van der Waals surface area contributed by atoms with Crippen LogP contribution in [-0.2, 0) is 17.8 Å². The van der Waals surface area contributed by atoms with Gasteiger partial charge in [-0.15, -0.1) is 0 Å². The lowest BCUT2D eigenvalue weighted by Crippen LogP contribution is -2.06. The first kappa shape index (κ1) is 16.2. The number of hydrogen-bond acceptors (Lipinski definition) is 5. The van der Waals surface area contributed by atoms with E-state index in [1.807, 2.05) is 26.0 Å². The van der Waals surface area contributed by atoms with Gasteiger partial charge in [-0.25, -0.2) is 4.79 Å². The SMILES string of the molecule is Cc1cc(C)c2cc(C(=O)OCc3nc(CC(C)C)no3)[nH]c2c1. The summed E-state index contributed by atoms with van der Waals surface area (Å²) in [6, 6.07) is 5.90. The number of aromatic amines is 1. The molecule has 0 saturated heterocycles. The van der Waals surface area contributed by atoms with Gasteiger partial charge in [-0.2, -0.15) is 4.98 Å². The fourth-order valence-electron chi connectivity index (χ4n) is 2.71. The number of rotatable bonds is 5. The van der Waals surface area contributed by atoms with Crippen LogP contribution in [0.1, 0.15) is 47.2 Å². The Morgan fingerprint density at radius 1 is 1.29 bits per heavy atom. The predicted octanol–water partition coefficient (Wildman–Crippen LogP) is 3.72. The molecule has 6 nitrogen and oxygen atoms in total. The second-order valence-electron chi connectivity index (χ2n) is 6.50. The van der Waals surface area contributed by atoms with Crippen LogP contribution < -0.4 is 0 Å². The van der Waals surface area contributed by atoms with E-state index in [0.29, 0.717) is 23.3 Å². The van der Waals surface area contributed by atoms with Crippen molar-refractivity contribution in [2.24, 2.45) is 5.92 Å². The summed E-state index contributed by atoms with van der Waals surface area (Å²) in [6.07, 6.45) is 0.734. The molecule has 0 aliphatic heterocycles. The van der Waals surface area contributed by atoms with E-state index < -0.39 is 5.97 Å². The Balaban J connectivity index is 1.69. The number of fused-ring (bicyclic) bond motifs is 1. The monoisotopic (exact) mass is 327 g/mol. The molecule has 3 rings (SSSR count). The Morgan fingerprint density at radius 3 is 2.83 bits per heavy atom. The minimum atomic E-state index is -0.438. The molecule has 0 aliphatic carbocycles. The number of ether oxygens (including phenoxy) is 1. The van der Waals surface area contributed by atoms with Crippen molar-refractivity contribution in [1.82, 2.24) is 15.1 Å². The molecule has 0 aliphatic rings. The highest BCUT2D eigenvalue weighted by Gasteiger charge is 2.15. The molecule has 2 heterocycles. The van der Waals surface area contributed by atoms with Crippen LogP contribution in [0.5, 0.6) is 0 Å². The first-order valence-corrected chi connectivity index (χ1v) is 8.01. The fraction of sp³-hybridized carbons (Fsp3) is 0.389. The minimum absolute atomic E-state index is 0.0305. The molecule has 2 aromatic heterocycles. The van der Waals surface area contributed by atoms with Crippen LogP contribution in [0.4, 0.5) is 0 Å². The molecule has 0 bridgehead atoms. The van der Waals surface area contributed by atoms with E-state index in [2.05, 4.69) is 35.0 Å². The topological polar surface area (TPSA) is 81.0 Å². The fourth-order valence-corrected chi connectivity index (χ4v) is 2.71. The van der Waals surface area contributed by atoms with Crippen molar-refractivity contribution in [2.45, 2.75) is 40.7 Å². The van der Waals surface area contributed by atoms with Crippen molar-refractivity contribution in [2.75, 3.05) is 0 Å². The highest BCUT2D eigenvalue weighted by atomic mass is 16.6. The van der Waals surface area contributed by atoms with Crippen LogP contribution >= 0.6 is 0 Å². The first-order chi connectivity index (χ1) is 11.4. The van der Waals surface area contributed by atoms with E-state index in [9.17, 15) is 4.79 Å². The van der Waals surface area contributed by atoms with Gasteiger partial charge in [-0.1, -0.05) is 25.1 Å². The largest absolute Gasteiger partial charge is 0.451 e. The maximum Gasteiger partial charge on any atom is 0.355 e. The van der Waals surface area contributed by atoms with Gasteiger partial charge in [0.25, 0.3) is 5.89 Å². The van der Waals surface area contributed by atoms with Gasteiger partial charge in [0.05, 0.1) is 0 Å². The molecule has 3 aromatic rings. The average molecular weight is 327 g/mol. The maximum absolute atomic E-state index is 12.2. The smallest absolute Gasteiger partial charge is 0.355 e. The molecule has 0 unspecified atom stereocenters. The standard InChI is InChI=1S/C18H21N3O3/c1-10(2)5-16-20-17(24-21-16)9-23-18(22)15-8-13-12(4)6-11(3)7-14(13)19-15/h6-8,10,19H,5,9H2,1-4H3. The lowest BCUT2D eigenvalue weighted by Gasteiger charge is -1.99. The summed E-state index contributed by atoms with van der Waals surface area (Å²) in [5.41, 5.74) is 3.61. The number of aryl methyl sites for hydroxylation is 2. The Kier molecular flexibility index (Phi) is 4.38. The minimum Gasteiger partial charge on any atom is -0.451 e. The third-order valence-corrected chi connectivity index (χ3v) is 3.74. The Hall–Kier alpha value is -2.63. The second kappa shape index (κ2) is 6.47. The number of benzene rings is 1. The first-order valence-electron chi connectivity index (χ1n) is 8.01. The molecule has 0 fully saturated rings. The molecule has 1 N–H and O–H groups in total. The number of nitrogens with one attached hydrogen (secondary N) is 1. The van der Waals surface area contributed by atoms with E-state index >= 15 is 0 Å². The van der Waals surface area contributed by atoms with Crippen LogP contribution in [0.15, 0.2) is 22.7 Å². The molecule has 24 heavy (non-hydrogen) atoms. The van der Waals surface area contributed by atoms with Crippen molar-refractivity contribution in [3.63, 3.8) is 0 Å². The van der Waals surface area contributed by atoms with E-state index in [1.54, 1.807) is 0 Å². The Bertz CT molecular complexity index is 877. The zero-order valence-electron chi connectivity index (χ0n) is 14.3. The maximum atomic E-state index is 12.2. The van der Waals surface area contributed by atoms with Gasteiger partial charge >= 0.3 is 5.97 Å². The molecule has 6 heteroatoms. The van der Waals surface area contributed by atoms with Gasteiger partial charge in [0.2, 0.25) is 0 Å². The summed E-state index contributed by atoms with van der Waals surface area (Å²) < 4.78 is 10.4. The highest BCUT2D eigenvalue weighted by Crippen LogP contribution is 2.22. The lowest BCUT2D eigenvalue weighted by molar-refractivity contribution is 0.0424. The number of carbonyl (C=O) groups is 1. The molecule has 1 aromatic carbocycles. The van der Waals surface area contributed by atoms with Crippen LogP contribution in [-0.4, -0.2) is 21.1 Å². The van der Waals surface area contributed by atoms with E-state index in [0.717, 1.165) is 28.5 Å². The van der Waals surface area contributed by atoms with Gasteiger partial charge < -0.3 is 14.2 Å². The van der Waals surface area contributed by atoms with Gasteiger partial charge in [0.1, 0.15) is 5.69 Å². The van der Waals surface area contributed by atoms with E-state index in [-0.39, 0.29) is 6.61 Å². The van der Waals surface area contributed by atoms with Crippen LogP contribution in [0, 0.1) is 19.8 Å². The summed E-state index contributed by atoms with van der Waals surface area (Å²) in [5, 5.41) is 4.90. The molecular weight excluding hydrogens is 306 g/mol. The summed E-state index contributed by atoms with van der Waals surface area (Å²) in [4.78, 5) is 19.5. The van der Waals surface area contributed by atoms with Gasteiger partial charge in [-0.05, 0) is 43.0 Å². The van der Waals surface area contributed by atoms with Crippen LogP contribution in [0.25, 0.3) is 10.9 Å². The van der Waals surface area contributed by atoms with Gasteiger partial charge in [-0.3, -0.25) is 0 Å². The molecule has 0 spiro atoms. The third kappa shape index (κ3) is 3.48. The van der Waals surface area contributed by atoms with E-state index in [4.69, 9.17) is 9.26 Å². The highest BCUT2D eigenvalue weighted by molar-refractivity contribution is 5.96. The molecule has 0 atom stereocenters. The number of aromatic nitrogens is 3. The summed E-state index contributed by atoms with van der Waals surface area (Å²) >= 11 is 0. The van der Waals surface area contributed by atoms with Crippen molar-refractivity contribution in [1.29, 1.82) is 0 Å². The van der Waals surface area contributed by atoms with Crippen molar-refractivity contribution in [3.8, 4) is 0 Å². The number of nitrogens with zero attached hydrogens (tertiary/aromatic N) is 2. The Morgan fingerprint density at radius 2 is 2.08 bits per heavy atom. The summed E-state index contributed by atoms with van der Waals surface area (Å²) in [6.45, 7) is 8.17. The third-order valence-electron chi connectivity index (χ3n) is 3.74. The molecular formula is C18H21N3O3. The van der Waals surface area contributed by atoms with Gasteiger partial charge in [0.15, 0.2) is 12.4 Å². The molecule has 126 valence electrons. The molecule has 0 radical (unpaired) electrons. The number of H-pyrrole nitrogens is 1. The molecule has 0 amide bonds. The second-order valence-corrected chi connectivity index (χ2v) is 6.50. The molecule has 0 saturated carbocycles. The number of esters is 1. The zero-order valence-corrected chi connectivity index (χ0v) is 14.3. The number of hydrogen-bond donors (Lipinski definition) is 1. The zero-order chi connectivity index (χ0) is 17.3. The van der Waals surface area contributed by atoms with Crippen molar-refractivity contribution >= 4 is 16.9 Å². The summed E-state index contributed by atoms with van der Waals surface area (Å²) in [5.74, 6) is 0.942. The van der Waals surface area contributed by atoms with Crippen molar-refractivity contribution < 1.29 is 14.1 Å². The quantitative estimate of drug-likeness (QED) is 0.722. The van der Waals surface area contributed by atoms with Crippen LogP contribution in [0.3, 0.4) is 0 Å². The van der Waals surface area contributed by atoms with Crippen LogP contribution in [0.2, 0.25) is 0 Å². The predicted molar refractivity (Wildman–Crippen MR) is 89.7 cm³/mol. The average Bonchev–Trinajstić information content (AvgIpc) is 3.11. The summed E-state index contributed by atoms with van der Waals surface area (Å²) in [7, 11) is 0. The van der Waals surface area contributed by atoms with E-state index in [1.165, 1.54) is 0 Å². The van der Waals surface area contributed by atoms with Crippen molar-refractivity contribution in [3.05, 3.63) is 46.7 Å².